The molecule has 1 fully saturated rings. The van der Waals surface area contributed by atoms with Crippen LogP contribution < -0.4 is 10.6 Å². The molecule has 0 aromatic heterocycles. The van der Waals surface area contributed by atoms with E-state index in [0.29, 0.717) is 12.3 Å². The molecule has 1 amide bonds. The Morgan fingerprint density at radius 3 is 2.28 bits per heavy atom. The van der Waals surface area contributed by atoms with Crippen LogP contribution in [0.15, 0.2) is 30.3 Å². The third-order valence-corrected chi connectivity index (χ3v) is 2.45. The highest BCUT2D eigenvalue weighted by atomic mass is 16.4. The maximum absolute atomic E-state index is 10.4. The Labute approximate surface area is 106 Å². The topological polar surface area (TPSA) is 78.4 Å². The number of hydrogen-bond acceptors (Lipinski definition) is 3. The first-order valence-corrected chi connectivity index (χ1v) is 5.91. The van der Waals surface area contributed by atoms with E-state index in [1.165, 1.54) is 0 Å². The van der Waals surface area contributed by atoms with E-state index >= 15 is 0 Å². The van der Waals surface area contributed by atoms with Gasteiger partial charge in [-0.3, -0.25) is 4.79 Å². The van der Waals surface area contributed by atoms with E-state index in [2.05, 4.69) is 10.6 Å². The van der Waals surface area contributed by atoms with Gasteiger partial charge in [0.2, 0.25) is 0 Å². The van der Waals surface area contributed by atoms with Crippen LogP contribution in [-0.4, -0.2) is 30.1 Å². The van der Waals surface area contributed by atoms with Crippen molar-refractivity contribution >= 4 is 11.9 Å². The molecular weight excluding hydrogens is 232 g/mol. The lowest BCUT2D eigenvalue weighted by Crippen LogP contribution is -2.27. The van der Waals surface area contributed by atoms with Crippen molar-refractivity contribution in [1.82, 2.24) is 10.6 Å². The smallest absolute Gasteiger partial charge is 0.404 e. The quantitative estimate of drug-likeness (QED) is 0.741. The Balaban J connectivity index is 0.000000199. The number of hydrogen-bond donors (Lipinski definition) is 3. The third-order valence-electron chi connectivity index (χ3n) is 2.45. The number of carboxylic acid groups (broad SMARTS) is 1. The second kappa shape index (κ2) is 8.25. The zero-order valence-electron chi connectivity index (χ0n) is 10.2. The average Bonchev–Trinajstić information content (AvgIpc) is 2.39. The number of rotatable bonds is 2. The van der Waals surface area contributed by atoms with Crippen molar-refractivity contribution in [2.75, 3.05) is 13.1 Å². The van der Waals surface area contributed by atoms with Gasteiger partial charge in [-0.05, 0) is 5.56 Å². The number of ketones is 1. The zero-order chi connectivity index (χ0) is 13.2. The molecule has 0 unspecified atom stereocenters. The highest BCUT2D eigenvalue weighted by Crippen LogP contribution is 1.96. The normalized spacial score (nSPS) is 14.3. The number of nitrogens with one attached hydrogen (secondary N) is 2. The molecule has 1 aromatic rings. The molecule has 0 atom stereocenters. The molecule has 1 saturated heterocycles. The van der Waals surface area contributed by atoms with Crippen molar-refractivity contribution in [3.8, 4) is 0 Å². The minimum atomic E-state index is -0.992. The predicted molar refractivity (Wildman–Crippen MR) is 68.4 cm³/mol. The first-order valence-electron chi connectivity index (χ1n) is 5.91. The molecule has 1 aliphatic heterocycles. The van der Waals surface area contributed by atoms with Crippen molar-refractivity contribution in [3.05, 3.63) is 35.9 Å². The predicted octanol–water partition coefficient (Wildman–Crippen LogP) is 1.39. The molecule has 2 rings (SSSR count). The summed E-state index contributed by atoms with van der Waals surface area (Å²) in [5.41, 5.74) is 0.968. The van der Waals surface area contributed by atoms with Gasteiger partial charge < -0.3 is 15.7 Å². The second-order valence-corrected chi connectivity index (χ2v) is 3.93. The molecule has 0 saturated carbocycles. The Kier molecular flexibility index (Phi) is 6.50. The summed E-state index contributed by atoms with van der Waals surface area (Å²) in [6, 6.07) is 9.38. The van der Waals surface area contributed by atoms with E-state index in [-0.39, 0.29) is 0 Å². The maximum Gasteiger partial charge on any atom is 0.404 e. The molecular formula is C13H18N2O3. The first kappa shape index (κ1) is 14.2. The summed E-state index contributed by atoms with van der Waals surface area (Å²) in [5.74, 6) is 0.402. The molecule has 0 aliphatic carbocycles. The van der Waals surface area contributed by atoms with E-state index in [9.17, 15) is 9.59 Å². The number of benzene rings is 1. The van der Waals surface area contributed by atoms with Crippen LogP contribution in [0.5, 0.6) is 0 Å². The van der Waals surface area contributed by atoms with Gasteiger partial charge in [-0.25, -0.2) is 4.79 Å². The Hall–Kier alpha value is -1.88. The highest BCUT2D eigenvalue weighted by molar-refractivity contribution is 5.79. The van der Waals surface area contributed by atoms with Crippen LogP contribution in [0.2, 0.25) is 0 Å². The van der Waals surface area contributed by atoms with Crippen LogP contribution in [0, 0.1) is 0 Å². The molecule has 1 aliphatic rings. The maximum atomic E-state index is 10.4. The van der Waals surface area contributed by atoms with Crippen molar-refractivity contribution in [2.24, 2.45) is 0 Å². The van der Waals surface area contributed by atoms with Gasteiger partial charge in [-0.15, -0.1) is 0 Å². The lowest BCUT2D eigenvalue weighted by molar-refractivity contribution is -0.119. The Morgan fingerprint density at radius 1 is 1.22 bits per heavy atom. The molecule has 1 heterocycles. The SMILES string of the molecule is O=C(O)NCc1ccccc1.O=C1CCNCC1. The van der Waals surface area contributed by atoms with E-state index in [4.69, 9.17) is 5.11 Å². The van der Waals surface area contributed by atoms with Gasteiger partial charge in [0.15, 0.2) is 0 Å². The van der Waals surface area contributed by atoms with Gasteiger partial charge in [0.1, 0.15) is 5.78 Å². The summed E-state index contributed by atoms with van der Waals surface area (Å²) in [6.45, 7) is 2.15. The summed E-state index contributed by atoms with van der Waals surface area (Å²) in [5, 5.41) is 13.6. The van der Waals surface area contributed by atoms with Gasteiger partial charge in [0.05, 0.1) is 0 Å². The summed E-state index contributed by atoms with van der Waals surface area (Å²) in [7, 11) is 0. The van der Waals surface area contributed by atoms with Crippen molar-refractivity contribution in [1.29, 1.82) is 0 Å². The number of amides is 1. The standard InChI is InChI=1S/C8H9NO2.C5H9NO/c10-8(11)9-6-7-4-2-1-3-5-7;7-5-1-3-6-4-2-5/h1-5,9H,6H2,(H,10,11);6H,1-4H2. The molecule has 5 heteroatoms. The van der Waals surface area contributed by atoms with Crippen LogP contribution in [0.4, 0.5) is 4.79 Å². The van der Waals surface area contributed by atoms with Gasteiger partial charge in [-0.1, -0.05) is 30.3 Å². The van der Waals surface area contributed by atoms with E-state index in [1.54, 1.807) is 0 Å². The molecule has 18 heavy (non-hydrogen) atoms. The number of piperidine rings is 1. The molecule has 1 aromatic carbocycles. The summed E-state index contributed by atoms with van der Waals surface area (Å²) in [4.78, 5) is 20.5. The fourth-order valence-corrected chi connectivity index (χ4v) is 1.48. The number of carbonyl (C=O) groups excluding carboxylic acids is 1. The average molecular weight is 250 g/mol. The Morgan fingerprint density at radius 2 is 1.83 bits per heavy atom. The number of carbonyl (C=O) groups is 2. The molecule has 0 spiro atoms. The third kappa shape index (κ3) is 6.65. The number of Topliss-reactive ketones (excluding diaryl/α,β-unsaturated/α-hetero) is 1. The lowest BCUT2D eigenvalue weighted by Gasteiger charge is -2.08. The zero-order valence-corrected chi connectivity index (χ0v) is 10.2. The summed E-state index contributed by atoms with van der Waals surface area (Å²) < 4.78 is 0. The molecule has 0 bridgehead atoms. The largest absolute Gasteiger partial charge is 0.465 e. The fourth-order valence-electron chi connectivity index (χ4n) is 1.48. The van der Waals surface area contributed by atoms with Crippen LogP contribution >= 0.6 is 0 Å². The molecule has 98 valence electrons. The minimum Gasteiger partial charge on any atom is -0.465 e. The van der Waals surface area contributed by atoms with Gasteiger partial charge in [0, 0.05) is 32.5 Å². The highest BCUT2D eigenvalue weighted by Gasteiger charge is 2.04. The van der Waals surface area contributed by atoms with Crippen LogP contribution in [0.1, 0.15) is 18.4 Å². The van der Waals surface area contributed by atoms with Crippen molar-refractivity contribution in [2.45, 2.75) is 19.4 Å². The van der Waals surface area contributed by atoms with Gasteiger partial charge in [-0.2, -0.15) is 0 Å². The van der Waals surface area contributed by atoms with Crippen LogP contribution in [0.25, 0.3) is 0 Å². The van der Waals surface area contributed by atoms with E-state index < -0.39 is 6.09 Å². The first-order chi connectivity index (χ1) is 8.68. The van der Waals surface area contributed by atoms with E-state index in [0.717, 1.165) is 31.5 Å². The monoisotopic (exact) mass is 250 g/mol. The Bertz CT molecular complexity index is 371. The molecule has 0 radical (unpaired) electrons. The van der Waals surface area contributed by atoms with Crippen LogP contribution in [-0.2, 0) is 11.3 Å². The summed E-state index contributed by atoms with van der Waals surface area (Å²) >= 11 is 0. The van der Waals surface area contributed by atoms with Crippen LogP contribution in [0.3, 0.4) is 0 Å². The minimum absolute atomic E-state index is 0.371. The molecule has 3 N–H and O–H groups in total. The second-order valence-electron chi connectivity index (χ2n) is 3.93. The van der Waals surface area contributed by atoms with Gasteiger partial charge >= 0.3 is 6.09 Å². The van der Waals surface area contributed by atoms with E-state index in [1.807, 2.05) is 30.3 Å². The van der Waals surface area contributed by atoms with Gasteiger partial charge in [0.25, 0.3) is 0 Å². The lowest BCUT2D eigenvalue weighted by atomic mass is 10.1. The fraction of sp³-hybridized carbons (Fsp3) is 0.385. The van der Waals surface area contributed by atoms with Crippen molar-refractivity contribution in [3.63, 3.8) is 0 Å². The summed E-state index contributed by atoms with van der Waals surface area (Å²) in [6.07, 6.45) is 0.480. The van der Waals surface area contributed by atoms with Crippen molar-refractivity contribution < 1.29 is 14.7 Å². The molecule has 5 nitrogen and oxygen atoms in total.